The largest absolute Gasteiger partial charge is 0.353 e. The maximum absolute atomic E-state index is 12.8. The van der Waals surface area contributed by atoms with Gasteiger partial charge in [0.15, 0.2) is 0 Å². The lowest BCUT2D eigenvalue weighted by Gasteiger charge is -2.32. The van der Waals surface area contributed by atoms with Gasteiger partial charge in [-0.15, -0.1) is 0 Å². The summed E-state index contributed by atoms with van der Waals surface area (Å²) in [5.41, 5.74) is 0.510. The Morgan fingerprint density at radius 3 is 2.62 bits per heavy atom. The fourth-order valence-electron chi connectivity index (χ4n) is 2.84. The van der Waals surface area contributed by atoms with Crippen LogP contribution in [0.5, 0.6) is 0 Å². The van der Waals surface area contributed by atoms with Crippen LogP contribution in [0, 0.1) is 11.8 Å². The Kier molecular flexibility index (Phi) is 7.36. The number of amides is 1. The second-order valence-corrected chi connectivity index (χ2v) is 10.0. The first-order chi connectivity index (χ1) is 12.1. The average molecular weight is 421 g/mol. The number of halogens is 2. The van der Waals surface area contributed by atoms with Gasteiger partial charge in [-0.1, -0.05) is 43.1 Å². The molecule has 0 radical (unpaired) electrons. The Bertz CT molecular complexity index is 753. The van der Waals surface area contributed by atoms with E-state index in [9.17, 15) is 13.2 Å². The number of nitrogens with zero attached hydrogens (tertiary/aromatic N) is 1. The minimum absolute atomic E-state index is 0.0577. The molecule has 1 fully saturated rings. The maximum Gasteiger partial charge on any atom is 0.224 e. The van der Waals surface area contributed by atoms with Gasteiger partial charge in [-0.3, -0.25) is 4.79 Å². The number of hydrogen-bond acceptors (Lipinski definition) is 3. The lowest BCUT2D eigenvalue weighted by Crippen LogP contribution is -2.48. The van der Waals surface area contributed by atoms with Crippen molar-refractivity contribution in [1.29, 1.82) is 0 Å². The summed E-state index contributed by atoms with van der Waals surface area (Å²) in [5, 5.41) is 3.78. The predicted octanol–water partition coefficient (Wildman–Crippen LogP) is 3.70. The van der Waals surface area contributed by atoms with Crippen LogP contribution in [0.25, 0.3) is 0 Å². The zero-order chi connectivity index (χ0) is 19.5. The van der Waals surface area contributed by atoms with Crippen molar-refractivity contribution in [1.82, 2.24) is 9.62 Å². The highest BCUT2D eigenvalue weighted by molar-refractivity contribution is 7.88. The Hall–Kier alpha value is -0.820. The van der Waals surface area contributed by atoms with E-state index in [0.29, 0.717) is 40.9 Å². The number of nitrogens with one attached hydrogen (secondary N) is 1. The Labute approximate surface area is 166 Å². The monoisotopic (exact) mass is 420 g/mol. The van der Waals surface area contributed by atoms with Gasteiger partial charge in [0.2, 0.25) is 15.9 Å². The van der Waals surface area contributed by atoms with Gasteiger partial charge >= 0.3 is 0 Å². The van der Waals surface area contributed by atoms with Crippen molar-refractivity contribution in [3.63, 3.8) is 0 Å². The summed E-state index contributed by atoms with van der Waals surface area (Å²) in [7, 11) is -3.56. The van der Waals surface area contributed by atoms with Crippen LogP contribution >= 0.6 is 23.2 Å². The van der Waals surface area contributed by atoms with Crippen LogP contribution in [0.15, 0.2) is 18.2 Å². The van der Waals surface area contributed by atoms with Crippen LogP contribution in [0.1, 0.15) is 39.2 Å². The van der Waals surface area contributed by atoms with Gasteiger partial charge in [-0.2, -0.15) is 0 Å². The zero-order valence-corrected chi connectivity index (χ0v) is 17.7. The fraction of sp³-hybridized carbons (Fsp3) is 0.611. The molecule has 0 aromatic heterocycles. The van der Waals surface area contributed by atoms with Gasteiger partial charge in [0.05, 0.1) is 11.7 Å². The molecule has 1 saturated heterocycles. The highest BCUT2D eigenvalue weighted by Crippen LogP contribution is 2.26. The smallest absolute Gasteiger partial charge is 0.224 e. The molecule has 0 saturated carbocycles. The maximum atomic E-state index is 12.8. The summed E-state index contributed by atoms with van der Waals surface area (Å²) in [6, 6.07) is 4.84. The van der Waals surface area contributed by atoms with Crippen molar-refractivity contribution in [2.45, 2.75) is 45.4 Å². The molecule has 2 atom stereocenters. The molecular weight excluding hydrogens is 395 g/mol. The number of sulfonamides is 1. The van der Waals surface area contributed by atoms with Gasteiger partial charge in [0.1, 0.15) is 0 Å². The minimum atomic E-state index is -3.56. The van der Waals surface area contributed by atoms with E-state index >= 15 is 0 Å². The molecule has 0 bridgehead atoms. The molecule has 2 rings (SSSR count). The van der Waals surface area contributed by atoms with Crippen LogP contribution in [-0.4, -0.2) is 37.8 Å². The molecule has 1 aromatic carbocycles. The van der Waals surface area contributed by atoms with E-state index in [0.717, 1.165) is 0 Å². The summed E-state index contributed by atoms with van der Waals surface area (Å²) in [4.78, 5) is 12.5. The van der Waals surface area contributed by atoms with Crippen LogP contribution in [0.3, 0.4) is 0 Å². The number of piperidine rings is 1. The summed E-state index contributed by atoms with van der Waals surface area (Å²) in [6.45, 7) is 6.68. The summed E-state index contributed by atoms with van der Waals surface area (Å²) in [6.07, 6.45) is 1.37. The average Bonchev–Trinajstić information content (AvgIpc) is 2.57. The zero-order valence-electron chi connectivity index (χ0n) is 15.3. The first kappa shape index (κ1) is 21.5. The van der Waals surface area contributed by atoms with Crippen molar-refractivity contribution < 1.29 is 13.2 Å². The van der Waals surface area contributed by atoms with Crippen LogP contribution in [0.2, 0.25) is 10.0 Å². The predicted molar refractivity (Wildman–Crippen MR) is 106 cm³/mol. The summed E-state index contributed by atoms with van der Waals surface area (Å²) >= 11 is 12.0. The Morgan fingerprint density at radius 2 is 2.00 bits per heavy atom. The molecule has 5 nitrogen and oxygen atoms in total. The number of carbonyl (C=O) groups is 1. The van der Waals surface area contributed by atoms with Crippen LogP contribution in [0.4, 0.5) is 0 Å². The quantitative estimate of drug-likeness (QED) is 0.762. The molecule has 1 N–H and O–H groups in total. The second kappa shape index (κ2) is 8.91. The van der Waals surface area contributed by atoms with Crippen LogP contribution in [-0.2, 0) is 20.6 Å². The van der Waals surface area contributed by atoms with Gasteiger partial charge in [0, 0.05) is 29.2 Å². The van der Waals surface area contributed by atoms with E-state index in [1.165, 1.54) is 10.4 Å². The lowest BCUT2D eigenvalue weighted by atomic mass is 9.97. The molecule has 26 heavy (non-hydrogen) atoms. The third-order valence-corrected chi connectivity index (χ3v) is 7.25. The molecule has 1 heterocycles. The molecule has 0 spiro atoms. The van der Waals surface area contributed by atoms with E-state index < -0.39 is 10.0 Å². The molecule has 1 aromatic rings. The van der Waals surface area contributed by atoms with Crippen molar-refractivity contribution >= 4 is 39.1 Å². The minimum Gasteiger partial charge on any atom is -0.353 e. The second-order valence-electron chi connectivity index (χ2n) is 7.23. The van der Waals surface area contributed by atoms with Crippen molar-refractivity contribution in [2.24, 2.45) is 11.8 Å². The highest BCUT2D eigenvalue weighted by atomic mass is 35.5. The third-order valence-electron chi connectivity index (χ3n) is 4.87. The van der Waals surface area contributed by atoms with E-state index in [-0.39, 0.29) is 30.2 Å². The topological polar surface area (TPSA) is 66.5 Å². The SMILES string of the molecule is CC(C)[C@H](C)NC(=O)[C@@H]1CCCN(S(=O)(=O)Cc2ccc(Cl)cc2Cl)C1. The number of rotatable bonds is 6. The first-order valence-corrected chi connectivity index (χ1v) is 11.2. The van der Waals surface area contributed by atoms with Gasteiger partial charge in [-0.25, -0.2) is 12.7 Å². The number of benzene rings is 1. The Balaban J connectivity index is 2.06. The Morgan fingerprint density at radius 1 is 1.31 bits per heavy atom. The number of carbonyl (C=O) groups excluding carboxylic acids is 1. The summed E-state index contributed by atoms with van der Waals surface area (Å²) < 4.78 is 27.0. The van der Waals surface area contributed by atoms with Crippen molar-refractivity contribution in [2.75, 3.05) is 13.1 Å². The van der Waals surface area contributed by atoms with E-state index in [2.05, 4.69) is 5.32 Å². The lowest BCUT2D eigenvalue weighted by molar-refractivity contribution is -0.127. The standard InChI is InChI=1S/C18H26Cl2N2O3S/c1-12(2)13(3)21-18(23)14-5-4-8-22(10-14)26(24,25)11-15-6-7-16(19)9-17(15)20/h6-7,9,12-14H,4-5,8,10-11H2,1-3H3,(H,21,23)/t13-,14+/m0/s1. The molecule has 8 heteroatoms. The highest BCUT2D eigenvalue weighted by Gasteiger charge is 2.33. The molecule has 0 unspecified atom stereocenters. The fourth-order valence-corrected chi connectivity index (χ4v) is 5.04. The van der Waals surface area contributed by atoms with E-state index in [1.54, 1.807) is 12.1 Å². The van der Waals surface area contributed by atoms with Gasteiger partial charge < -0.3 is 5.32 Å². The van der Waals surface area contributed by atoms with Crippen molar-refractivity contribution in [3.05, 3.63) is 33.8 Å². The molecule has 1 aliphatic heterocycles. The third kappa shape index (κ3) is 5.59. The van der Waals surface area contributed by atoms with E-state index in [1.807, 2.05) is 20.8 Å². The molecule has 146 valence electrons. The van der Waals surface area contributed by atoms with Crippen LogP contribution < -0.4 is 5.32 Å². The molecule has 1 aliphatic rings. The first-order valence-electron chi connectivity index (χ1n) is 8.82. The molecular formula is C18H26Cl2N2O3S. The van der Waals surface area contributed by atoms with E-state index in [4.69, 9.17) is 23.2 Å². The van der Waals surface area contributed by atoms with Gasteiger partial charge in [-0.05, 0) is 43.4 Å². The summed E-state index contributed by atoms with van der Waals surface area (Å²) in [5.74, 6) is -0.259. The van der Waals surface area contributed by atoms with Crippen molar-refractivity contribution in [3.8, 4) is 0 Å². The molecule has 1 amide bonds. The normalized spacial score (nSPS) is 20.2. The molecule has 0 aliphatic carbocycles. The number of hydrogen-bond donors (Lipinski definition) is 1. The van der Waals surface area contributed by atoms with Gasteiger partial charge in [0.25, 0.3) is 0 Å².